The monoisotopic (exact) mass is 267 g/mol. The molecule has 0 spiro atoms. The topological polar surface area (TPSA) is 45.2 Å². The third-order valence-electron chi connectivity index (χ3n) is 4.48. The van der Waals surface area contributed by atoms with E-state index in [4.69, 9.17) is 0 Å². The summed E-state index contributed by atoms with van der Waals surface area (Å²) in [4.78, 5) is 18.6. The summed E-state index contributed by atoms with van der Waals surface area (Å²) in [5, 5.41) is 4.21. The molecule has 1 aromatic carbocycles. The number of rotatable bonds is 1. The Morgan fingerprint density at radius 2 is 2.00 bits per heavy atom. The van der Waals surface area contributed by atoms with Gasteiger partial charge in [-0.05, 0) is 25.0 Å². The van der Waals surface area contributed by atoms with Crippen LogP contribution in [0.4, 0.5) is 5.69 Å². The van der Waals surface area contributed by atoms with Gasteiger partial charge in [0.05, 0.1) is 5.52 Å². The first-order valence-electron chi connectivity index (χ1n) is 7.22. The molecule has 2 fully saturated rings. The van der Waals surface area contributed by atoms with Crippen molar-refractivity contribution < 1.29 is 4.79 Å². The highest BCUT2D eigenvalue weighted by Crippen LogP contribution is 2.36. The largest absolute Gasteiger partial charge is 0.363 e. The van der Waals surface area contributed by atoms with Crippen molar-refractivity contribution in [2.45, 2.75) is 31.3 Å². The average molecular weight is 267 g/mol. The van der Waals surface area contributed by atoms with E-state index in [1.807, 2.05) is 18.3 Å². The van der Waals surface area contributed by atoms with Crippen molar-refractivity contribution in [1.82, 2.24) is 10.3 Å². The summed E-state index contributed by atoms with van der Waals surface area (Å²) >= 11 is 0. The van der Waals surface area contributed by atoms with E-state index in [2.05, 4.69) is 33.4 Å². The van der Waals surface area contributed by atoms with Gasteiger partial charge in [0, 0.05) is 42.3 Å². The lowest BCUT2D eigenvalue weighted by Gasteiger charge is -2.30. The van der Waals surface area contributed by atoms with Gasteiger partial charge in [-0.25, -0.2) is 0 Å². The average Bonchev–Trinajstić information content (AvgIpc) is 2.78. The van der Waals surface area contributed by atoms with Crippen molar-refractivity contribution in [1.29, 1.82) is 0 Å². The Morgan fingerprint density at radius 1 is 1.15 bits per heavy atom. The number of nitrogens with zero attached hydrogens (tertiary/aromatic N) is 2. The van der Waals surface area contributed by atoms with Gasteiger partial charge in [0.1, 0.15) is 0 Å². The predicted octanol–water partition coefficient (Wildman–Crippen LogP) is 2.09. The molecule has 2 saturated heterocycles. The molecule has 0 radical (unpaired) electrons. The zero-order valence-electron chi connectivity index (χ0n) is 11.2. The first kappa shape index (κ1) is 11.7. The number of anilines is 1. The van der Waals surface area contributed by atoms with Crippen LogP contribution in [0.2, 0.25) is 0 Å². The van der Waals surface area contributed by atoms with E-state index in [0.29, 0.717) is 18.5 Å². The van der Waals surface area contributed by atoms with Crippen LogP contribution in [0.5, 0.6) is 0 Å². The number of hydrogen-bond donors (Lipinski definition) is 1. The number of benzene rings is 1. The number of pyridine rings is 1. The van der Waals surface area contributed by atoms with Crippen LogP contribution in [-0.2, 0) is 4.79 Å². The number of carbonyl (C=O) groups excluding carboxylic acids is 1. The van der Waals surface area contributed by atoms with E-state index in [9.17, 15) is 4.79 Å². The van der Waals surface area contributed by atoms with E-state index in [0.717, 1.165) is 24.9 Å². The van der Waals surface area contributed by atoms with E-state index in [-0.39, 0.29) is 5.91 Å². The van der Waals surface area contributed by atoms with E-state index in [1.54, 1.807) is 0 Å². The molecule has 0 aliphatic carbocycles. The quantitative estimate of drug-likeness (QED) is 0.860. The van der Waals surface area contributed by atoms with Crippen molar-refractivity contribution in [2.75, 3.05) is 11.4 Å². The summed E-state index contributed by atoms with van der Waals surface area (Å²) in [6.45, 7) is 0.756. The van der Waals surface area contributed by atoms with Gasteiger partial charge in [-0.1, -0.05) is 18.2 Å². The predicted molar refractivity (Wildman–Crippen MR) is 78.7 cm³/mol. The molecule has 0 saturated carbocycles. The Bertz CT molecular complexity index is 664. The summed E-state index contributed by atoms with van der Waals surface area (Å²) in [7, 11) is 0. The van der Waals surface area contributed by atoms with E-state index >= 15 is 0 Å². The van der Waals surface area contributed by atoms with Crippen molar-refractivity contribution >= 4 is 22.5 Å². The second-order valence-electron chi connectivity index (χ2n) is 5.65. The van der Waals surface area contributed by atoms with Crippen LogP contribution in [0.25, 0.3) is 10.9 Å². The first-order valence-corrected chi connectivity index (χ1v) is 7.22. The number of nitrogens with one attached hydrogen (secondary N) is 1. The highest BCUT2D eigenvalue weighted by Gasteiger charge is 2.37. The van der Waals surface area contributed by atoms with Gasteiger partial charge in [0.15, 0.2) is 0 Å². The SMILES string of the molecule is O=C1C[C@@H]2CC[C@H](CN1)N2c1ccnc2ccccc12. The second-order valence-corrected chi connectivity index (χ2v) is 5.65. The maximum atomic E-state index is 11.8. The third-order valence-corrected chi connectivity index (χ3v) is 4.48. The fraction of sp³-hybridized carbons (Fsp3) is 0.375. The van der Waals surface area contributed by atoms with Crippen molar-refractivity contribution in [3.63, 3.8) is 0 Å². The van der Waals surface area contributed by atoms with Crippen LogP contribution in [0.15, 0.2) is 36.5 Å². The smallest absolute Gasteiger partial charge is 0.222 e. The maximum Gasteiger partial charge on any atom is 0.222 e. The fourth-order valence-corrected chi connectivity index (χ4v) is 3.58. The molecule has 2 aliphatic heterocycles. The minimum absolute atomic E-state index is 0.181. The van der Waals surface area contributed by atoms with Gasteiger partial charge in [-0.2, -0.15) is 0 Å². The third kappa shape index (κ3) is 1.75. The van der Waals surface area contributed by atoms with Crippen molar-refractivity contribution in [3.8, 4) is 0 Å². The first-order chi connectivity index (χ1) is 9.83. The minimum atomic E-state index is 0.181. The molecule has 2 bridgehead atoms. The van der Waals surface area contributed by atoms with E-state index < -0.39 is 0 Å². The number of amides is 1. The number of fused-ring (bicyclic) bond motifs is 3. The minimum Gasteiger partial charge on any atom is -0.363 e. The Balaban J connectivity index is 1.84. The lowest BCUT2D eigenvalue weighted by Crippen LogP contribution is -2.38. The normalized spacial score (nSPS) is 25.6. The van der Waals surface area contributed by atoms with Crippen LogP contribution in [0, 0.1) is 0 Å². The molecule has 1 N–H and O–H groups in total. The molecule has 4 rings (SSSR count). The van der Waals surface area contributed by atoms with Crippen LogP contribution >= 0.6 is 0 Å². The van der Waals surface area contributed by atoms with Crippen LogP contribution in [0.3, 0.4) is 0 Å². The molecule has 2 aliphatic rings. The summed E-state index contributed by atoms with van der Waals surface area (Å²) in [5.74, 6) is 0.181. The van der Waals surface area contributed by atoms with Gasteiger partial charge in [-0.15, -0.1) is 0 Å². The van der Waals surface area contributed by atoms with Crippen LogP contribution in [-0.4, -0.2) is 29.5 Å². The number of hydrogen-bond acceptors (Lipinski definition) is 3. The van der Waals surface area contributed by atoms with Gasteiger partial charge in [-0.3, -0.25) is 9.78 Å². The molecule has 2 atom stereocenters. The van der Waals surface area contributed by atoms with Crippen LogP contribution < -0.4 is 10.2 Å². The number of aromatic nitrogens is 1. The zero-order chi connectivity index (χ0) is 13.5. The molecular formula is C16H17N3O. The molecule has 2 aromatic rings. The molecule has 1 aromatic heterocycles. The van der Waals surface area contributed by atoms with Gasteiger partial charge < -0.3 is 10.2 Å². The van der Waals surface area contributed by atoms with Crippen molar-refractivity contribution in [3.05, 3.63) is 36.5 Å². The second kappa shape index (κ2) is 4.47. The van der Waals surface area contributed by atoms with E-state index in [1.165, 1.54) is 11.1 Å². The fourth-order valence-electron chi connectivity index (χ4n) is 3.58. The zero-order valence-corrected chi connectivity index (χ0v) is 11.2. The highest BCUT2D eigenvalue weighted by molar-refractivity contribution is 5.92. The summed E-state index contributed by atoms with van der Waals surface area (Å²) < 4.78 is 0. The Labute approximate surface area is 117 Å². The summed E-state index contributed by atoms with van der Waals surface area (Å²) in [6.07, 6.45) is 4.74. The Kier molecular flexibility index (Phi) is 2.62. The lowest BCUT2D eigenvalue weighted by molar-refractivity contribution is -0.121. The Morgan fingerprint density at radius 3 is 2.95 bits per heavy atom. The highest BCUT2D eigenvalue weighted by atomic mass is 16.1. The molecule has 3 heterocycles. The Hall–Kier alpha value is -2.10. The standard InChI is InChI=1S/C16H17N3O/c20-16-9-11-5-6-12(10-18-16)19(11)15-7-8-17-14-4-2-1-3-13(14)15/h1-4,7-8,11-12H,5-6,9-10H2,(H,18,20)/t11-,12+/m0/s1. The number of para-hydroxylation sites is 1. The maximum absolute atomic E-state index is 11.8. The van der Waals surface area contributed by atoms with Gasteiger partial charge in [0.25, 0.3) is 0 Å². The van der Waals surface area contributed by atoms with Crippen LogP contribution in [0.1, 0.15) is 19.3 Å². The van der Waals surface area contributed by atoms with Gasteiger partial charge in [0.2, 0.25) is 5.91 Å². The van der Waals surface area contributed by atoms with Gasteiger partial charge >= 0.3 is 0 Å². The molecule has 102 valence electrons. The lowest BCUT2D eigenvalue weighted by atomic mass is 10.1. The molecule has 4 nitrogen and oxygen atoms in total. The molecule has 20 heavy (non-hydrogen) atoms. The number of carbonyl (C=O) groups is 1. The molecule has 4 heteroatoms. The molecule has 1 amide bonds. The summed E-state index contributed by atoms with van der Waals surface area (Å²) in [5.41, 5.74) is 2.24. The molecule has 0 unspecified atom stereocenters. The summed E-state index contributed by atoms with van der Waals surface area (Å²) in [6, 6.07) is 11.1. The molecular weight excluding hydrogens is 250 g/mol. The van der Waals surface area contributed by atoms with Crippen molar-refractivity contribution in [2.24, 2.45) is 0 Å².